The second-order valence-corrected chi connectivity index (χ2v) is 7.76. The van der Waals surface area contributed by atoms with Gasteiger partial charge >= 0.3 is 0 Å². The fourth-order valence-electron chi connectivity index (χ4n) is 3.49. The molecule has 2 aliphatic rings. The highest BCUT2D eigenvalue weighted by molar-refractivity contribution is 6.42. The summed E-state index contributed by atoms with van der Waals surface area (Å²) in [6.45, 7) is 3.16. The maximum atomic E-state index is 13.4. The minimum absolute atomic E-state index is 0.0299. The average Bonchev–Trinajstić information content (AvgIpc) is 3.03. The van der Waals surface area contributed by atoms with Gasteiger partial charge in [0.1, 0.15) is 16.9 Å². The number of nitrogens with one attached hydrogen (secondary N) is 1. The third-order valence-electron chi connectivity index (χ3n) is 4.81. The Morgan fingerprint density at radius 2 is 2.00 bits per heavy atom. The lowest BCUT2D eigenvalue weighted by Crippen LogP contribution is -2.39. The number of fused-ring (bicyclic) bond motifs is 1. The fourth-order valence-corrected chi connectivity index (χ4v) is 3.97. The average molecular weight is 424 g/mol. The molecule has 8 heteroatoms. The van der Waals surface area contributed by atoms with Crippen LogP contribution in [0.2, 0.25) is 15.1 Å². The number of amides is 1. The molecule has 0 spiro atoms. The summed E-state index contributed by atoms with van der Waals surface area (Å²) in [6.07, 6.45) is 6.52. The number of carbonyl (C=O) groups is 1. The lowest BCUT2D eigenvalue weighted by molar-refractivity contribution is -0.127. The summed E-state index contributed by atoms with van der Waals surface area (Å²) in [4.78, 5) is 15.2. The van der Waals surface area contributed by atoms with Crippen molar-refractivity contribution in [3.8, 4) is 0 Å². The van der Waals surface area contributed by atoms with Crippen LogP contribution in [-0.2, 0) is 4.79 Å². The molecule has 5 nitrogen and oxygen atoms in total. The van der Waals surface area contributed by atoms with Gasteiger partial charge < -0.3 is 10.2 Å². The largest absolute Gasteiger partial charge is 0.342 e. The lowest BCUT2D eigenvalue weighted by atomic mass is 9.94. The van der Waals surface area contributed by atoms with Crippen molar-refractivity contribution in [2.75, 3.05) is 18.4 Å². The van der Waals surface area contributed by atoms with Gasteiger partial charge in [-0.2, -0.15) is 5.10 Å². The third kappa shape index (κ3) is 3.24. The first-order valence-corrected chi connectivity index (χ1v) is 9.70. The van der Waals surface area contributed by atoms with E-state index in [1.54, 1.807) is 23.0 Å². The maximum Gasteiger partial charge on any atom is 0.254 e. The smallest absolute Gasteiger partial charge is 0.254 e. The minimum Gasteiger partial charge on any atom is -0.342 e. The number of carbonyl (C=O) groups excluding carboxylic acids is 1. The number of allylic oxidation sites excluding steroid dienone is 1. The van der Waals surface area contributed by atoms with Gasteiger partial charge in [-0.3, -0.25) is 4.79 Å². The fraction of sp³-hybridized carbons (Fsp3) is 0.263. The van der Waals surface area contributed by atoms with Gasteiger partial charge in [0.25, 0.3) is 5.91 Å². The molecule has 1 aromatic carbocycles. The monoisotopic (exact) mass is 422 g/mol. The van der Waals surface area contributed by atoms with E-state index in [2.05, 4.69) is 16.5 Å². The van der Waals surface area contributed by atoms with Crippen LogP contribution in [0.3, 0.4) is 0 Å². The number of halogens is 3. The van der Waals surface area contributed by atoms with Gasteiger partial charge in [-0.25, -0.2) is 4.68 Å². The lowest BCUT2D eigenvalue weighted by Gasteiger charge is -2.33. The van der Waals surface area contributed by atoms with Crippen molar-refractivity contribution in [1.29, 1.82) is 0 Å². The number of nitrogens with zero attached hydrogens (tertiary/aromatic N) is 3. The molecule has 0 saturated heterocycles. The molecule has 1 N–H and O–H groups in total. The van der Waals surface area contributed by atoms with Crippen molar-refractivity contribution in [1.82, 2.24) is 14.7 Å². The second kappa shape index (κ2) is 7.23. The van der Waals surface area contributed by atoms with E-state index in [1.165, 1.54) is 0 Å². The number of hydrogen-bond donors (Lipinski definition) is 1. The van der Waals surface area contributed by atoms with E-state index in [-0.39, 0.29) is 5.91 Å². The summed E-state index contributed by atoms with van der Waals surface area (Å²) in [7, 11) is 0. The highest BCUT2D eigenvalue weighted by Gasteiger charge is 2.36. The van der Waals surface area contributed by atoms with Crippen molar-refractivity contribution < 1.29 is 4.79 Å². The minimum atomic E-state index is -0.443. The maximum absolute atomic E-state index is 13.4. The van der Waals surface area contributed by atoms with Gasteiger partial charge in [0, 0.05) is 18.8 Å². The molecular weight excluding hydrogens is 407 g/mol. The van der Waals surface area contributed by atoms with E-state index in [1.807, 2.05) is 24.0 Å². The summed E-state index contributed by atoms with van der Waals surface area (Å²) >= 11 is 18.6. The highest BCUT2D eigenvalue weighted by atomic mass is 35.5. The highest BCUT2D eigenvalue weighted by Crippen LogP contribution is 2.40. The van der Waals surface area contributed by atoms with Gasteiger partial charge in [0.05, 0.1) is 21.8 Å². The molecule has 1 atom stereocenters. The van der Waals surface area contributed by atoms with Gasteiger partial charge in [-0.1, -0.05) is 53.0 Å². The molecule has 140 valence electrons. The first-order chi connectivity index (χ1) is 13.0. The van der Waals surface area contributed by atoms with Crippen molar-refractivity contribution >= 4 is 46.5 Å². The summed E-state index contributed by atoms with van der Waals surface area (Å²) in [5, 5.41) is 9.02. The molecule has 2 aromatic rings. The van der Waals surface area contributed by atoms with Crippen LogP contribution in [0.4, 0.5) is 5.82 Å². The Morgan fingerprint density at radius 1 is 1.19 bits per heavy atom. The van der Waals surface area contributed by atoms with Crippen molar-refractivity contribution in [2.45, 2.75) is 19.4 Å². The van der Waals surface area contributed by atoms with E-state index in [0.717, 1.165) is 17.7 Å². The standard InChI is InChI=1S/C19H17Cl3N4O/c1-11-16(19(27)25-7-3-2-4-8-25)17(12-5-6-13(20)14(21)9-12)26-18(24-11)15(22)10-23-26/h2-3,5-6,9-10,17,24H,4,7-8H2,1H3. The predicted octanol–water partition coefficient (Wildman–Crippen LogP) is 4.92. The number of aromatic nitrogens is 2. The first kappa shape index (κ1) is 18.4. The molecule has 4 rings (SSSR count). The van der Waals surface area contributed by atoms with Crippen LogP contribution in [0.25, 0.3) is 0 Å². The number of hydrogen-bond acceptors (Lipinski definition) is 3. The molecule has 27 heavy (non-hydrogen) atoms. The molecule has 0 aliphatic carbocycles. The molecule has 0 radical (unpaired) electrons. The number of rotatable bonds is 2. The van der Waals surface area contributed by atoms with Crippen LogP contribution >= 0.6 is 34.8 Å². The van der Waals surface area contributed by atoms with E-state index in [0.29, 0.717) is 39.5 Å². The van der Waals surface area contributed by atoms with E-state index < -0.39 is 6.04 Å². The van der Waals surface area contributed by atoms with E-state index in [4.69, 9.17) is 34.8 Å². The molecule has 3 heterocycles. The van der Waals surface area contributed by atoms with Crippen LogP contribution in [0, 0.1) is 0 Å². The molecule has 0 saturated carbocycles. The van der Waals surface area contributed by atoms with Crippen LogP contribution in [0.15, 0.2) is 47.8 Å². The summed E-state index contributed by atoms with van der Waals surface area (Å²) in [5.74, 6) is 0.623. The molecule has 0 fully saturated rings. The molecule has 2 aliphatic heterocycles. The van der Waals surface area contributed by atoms with Crippen LogP contribution in [0.5, 0.6) is 0 Å². The zero-order valence-electron chi connectivity index (χ0n) is 14.5. The summed E-state index contributed by atoms with van der Waals surface area (Å²) in [6, 6.07) is 4.92. The molecule has 1 aromatic heterocycles. The van der Waals surface area contributed by atoms with E-state index >= 15 is 0 Å². The Hall–Kier alpha value is -1.95. The van der Waals surface area contributed by atoms with Gasteiger partial charge in [0.15, 0.2) is 0 Å². The van der Waals surface area contributed by atoms with Crippen molar-refractivity contribution in [3.63, 3.8) is 0 Å². The molecular formula is C19H17Cl3N4O. The van der Waals surface area contributed by atoms with Gasteiger partial charge in [-0.05, 0) is 31.0 Å². The van der Waals surface area contributed by atoms with Gasteiger partial charge in [-0.15, -0.1) is 0 Å². The number of anilines is 1. The molecule has 1 amide bonds. The Morgan fingerprint density at radius 3 is 2.70 bits per heavy atom. The quantitative estimate of drug-likeness (QED) is 0.697. The van der Waals surface area contributed by atoms with Crippen molar-refractivity contribution in [2.24, 2.45) is 0 Å². The van der Waals surface area contributed by atoms with Crippen LogP contribution in [0.1, 0.15) is 24.9 Å². The Balaban J connectivity index is 1.85. The van der Waals surface area contributed by atoms with E-state index in [9.17, 15) is 4.79 Å². The topological polar surface area (TPSA) is 50.2 Å². The SMILES string of the molecule is CC1=C(C(=O)N2CC=CCC2)C(c2ccc(Cl)c(Cl)c2)n2ncc(Cl)c2N1. The molecule has 1 unspecified atom stereocenters. The first-order valence-electron chi connectivity index (χ1n) is 8.57. The zero-order valence-corrected chi connectivity index (χ0v) is 16.8. The normalized spacial score (nSPS) is 19.1. The summed E-state index contributed by atoms with van der Waals surface area (Å²) < 4.78 is 1.72. The molecule has 0 bridgehead atoms. The van der Waals surface area contributed by atoms with Crippen molar-refractivity contribution in [3.05, 3.63) is 68.4 Å². The van der Waals surface area contributed by atoms with Crippen LogP contribution in [-0.4, -0.2) is 33.7 Å². The van der Waals surface area contributed by atoms with Crippen LogP contribution < -0.4 is 5.32 Å². The third-order valence-corrected chi connectivity index (χ3v) is 5.83. The number of benzene rings is 1. The Bertz CT molecular complexity index is 979. The second-order valence-electron chi connectivity index (χ2n) is 6.54. The zero-order chi connectivity index (χ0) is 19.1. The predicted molar refractivity (Wildman–Crippen MR) is 108 cm³/mol. The van der Waals surface area contributed by atoms with Gasteiger partial charge in [0.2, 0.25) is 0 Å². The summed E-state index contributed by atoms with van der Waals surface area (Å²) in [5.41, 5.74) is 2.19. The Kier molecular flexibility index (Phi) is 4.93. The Labute approximate surface area is 172 Å².